The average Bonchev–Trinajstić information content (AvgIpc) is 3.37. The van der Waals surface area contributed by atoms with Crippen LogP contribution >= 0.6 is 11.6 Å². The maximum atomic E-state index is 13.2. The zero-order valence-corrected chi connectivity index (χ0v) is 20.9. The molecule has 5 rings (SSSR count). The van der Waals surface area contributed by atoms with Crippen LogP contribution in [0.15, 0.2) is 36.8 Å². The van der Waals surface area contributed by atoms with Crippen LogP contribution in [0.25, 0.3) is 0 Å². The summed E-state index contributed by atoms with van der Waals surface area (Å²) in [6.07, 6.45) is 7.94. The standard InChI is InChI=1S/C25H30ClN7O3/c1-36-21-7-2-16(12-20(21)26)13-28-23-19(24(35)30-17-3-5-18(34)6-4-17)14-29-25(31-23)33-11-10-32-9-8-27-22(32)15-33/h2,7-9,12,14,17-18,34H,3-6,10-11,13,15H2,1H3,(H,30,35)(H,28,29,31)/t17-,18-. The Labute approximate surface area is 214 Å². The van der Waals surface area contributed by atoms with Gasteiger partial charge in [-0.15, -0.1) is 0 Å². The van der Waals surface area contributed by atoms with Crippen molar-refractivity contribution in [2.75, 3.05) is 23.9 Å². The van der Waals surface area contributed by atoms with Crippen LogP contribution in [0.2, 0.25) is 5.02 Å². The van der Waals surface area contributed by atoms with Crippen LogP contribution in [0.1, 0.15) is 47.4 Å². The summed E-state index contributed by atoms with van der Waals surface area (Å²) in [6, 6.07) is 5.57. The van der Waals surface area contributed by atoms with E-state index in [4.69, 9.17) is 21.3 Å². The van der Waals surface area contributed by atoms with Crippen molar-refractivity contribution in [2.45, 2.75) is 57.5 Å². The smallest absolute Gasteiger partial charge is 0.256 e. The molecule has 3 aromatic rings. The van der Waals surface area contributed by atoms with E-state index in [1.807, 2.05) is 24.4 Å². The van der Waals surface area contributed by atoms with E-state index in [0.29, 0.717) is 54.0 Å². The molecule has 10 nitrogen and oxygen atoms in total. The first kappa shape index (κ1) is 24.3. The number of aliphatic hydroxyl groups is 1. The van der Waals surface area contributed by atoms with Crippen LogP contribution < -0.4 is 20.3 Å². The number of carbonyl (C=O) groups excluding carboxylic acids is 1. The third kappa shape index (κ3) is 5.39. The van der Waals surface area contributed by atoms with Crippen molar-refractivity contribution < 1.29 is 14.6 Å². The van der Waals surface area contributed by atoms with Crippen molar-refractivity contribution in [1.29, 1.82) is 0 Å². The van der Waals surface area contributed by atoms with Crippen molar-refractivity contribution in [1.82, 2.24) is 24.8 Å². The molecule has 2 aliphatic rings. The number of benzene rings is 1. The number of methoxy groups -OCH3 is 1. The Morgan fingerprint density at radius 3 is 2.83 bits per heavy atom. The minimum absolute atomic E-state index is 0.0229. The molecule has 2 aromatic heterocycles. The largest absolute Gasteiger partial charge is 0.495 e. The predicted octanol–water partition coefficient (Wildman–Crippen LogP) is 3.00. The van der Waals surface area contributed by atoms with Gasteiger partial charge in [0.15, 0.2) is 0 Å². The van der Waals surface area contributed by atoms with Crippen LogP contribution in [0.3, 0.4) is 0 Å². The van der Waals surface area contributed by atoms with Crippen LogP contribution in [-0.2, 0) is 19.6 Å². The van der Waals surface area contributed by atoms with E-state index in [1.54, 1.807) is 19.5 Å². The molecule has 11 heteroatoms. The molecule has 1 amide bonds. The second-order valence-electron chi connectivity index (χ2n) is 9.19. The Morgan fingerprint density at radius 2 is 2.06 bits per heavy atom. The molecule has 0 bridgehead atoms. The molecule has 0 unspecified atom stereocenters. The Balaban J connectivity index is 1.37. The van der Waals surface area contributed by atoms with Gasteiger partial charge in [0, 0.05) is 44.3 Å². The number of nitrogens with one attached hydrogen (secondary N) is 2. The van der Waals surface area contributed by atoms with Crippen LogP contribution in [0.4, 0.5) is 11.8 Å². The minimum Gasteiger partial charge on any atom is -0.495 e. The first-order valence-corrected chi connectivity index (χ1v) is 12.5. The summed E-state index contributed by atoms with van der Waals surface area (Å²) in [5, 5.41) is 16.7. The molecule has 0 atom stereocenters. The lowest BCUT2D eigenvalue weighted by Gasteiger charge is -2.28. The molecule has 3 N–H and O–H groups in total. The number of anilines is 2. The van der Waals surface area contributed by atoms with E-state index in [2.05, 4.69) is 30.1 Å². The molecule has 36 heavy (non-hydrogen) atoms. The van der Waals surface area contributed by atoms with E-state index >= 15 is 0 Å². The van der Waals surface area contributed by atoms with Crippen molar-refractivity contribution in [3.63, 3.8) is 0 Å². The van der Waals surface area contributed by atoms with Gasteiger partial charge in [0.05, 0.1) is 24.8 Å². The molecule has 190 valence electrons. The monoisotopic (exact) mass is 511 g/mol. The van der Waals surface area contributed by atoms with E-state index in [9.17, 15) is 9.90 Å². The normalized spacial score (nSPS) is 19.5. The van der Waals surface area contributed by atoms with E-state index in [-0.39, 0.29) is 18.1 Å². The summed E-state index contributed by atoms with van der Waals surface area (Å²) in [5.74, 6) is 2.32. The van der Waals surface area contributed by atoms with Gasteiger partial charge in [-0.05, 0) is 43.4 Å². The number of ether oxygens (including phenoxy) is 1. The van der Waals surface area contributed by atoms with E-state index in [0.717, 1.165) is 37.3 Å². The number of fused-ring (bicyclic) bond motifs is 1. The fourth-order valence-corrected chi connectivity index (χ4v) is 4.94. The lowest BCUT2D eigenvalue weighted by molar-refractivity contribution is 0.0867. The van der Waals surface area contributed by atoms with Crippen LogP contribution in [-0.4, -0.2) is 56.3 Å². The van der Waals surface area contributed by atoms with Gasteiger partial charge in [-0.2, -0.15) is 4.98 Å². The summed E-state index contributed by atoms with van der Waals surface area (Å²) >= 11 is 6.30. The van der Waals surface area contributed by atoms with E-state index < -0.39 is 0 Å². The lowest BCUT2D eigenvalue weighted by atomic mass is 9.93. The summed E-state index contributed by atoms with van der Waals surface area (Å²) in [4.78, 5) is 29.0. The fourth-order valence-electron chi connectivity index (χ4n) is 4.66. The molecule has 1 aliphatic carbocycles. The molecule has 1 fully saturated rings. The van der Waals surface area contributed by atoms with Gasteiger partial charge in [-0.1, -0.05) is 17.7 Å². The first-order valence-electron chi connectivity index (χ1n) is 12.2. The van der Waals surface area contributed by atoms with Crippen LogP contribution in [0, 0.1) is 0 Å². The Hall–Kier alpha value is -3.37. The minimum atomic E-state index is -0.283. The van der Waals surface area contributed by atoms with Crippen molar-refractivity contribution >= 4 is 29.3 Å². The number of halogens is 1. The first-order chi connectivity index (χ1) is 17.5. The number of nitrogens with zero attached hydrogens (tertiary/aromatic N) is 5. The molecule has 3 heterocycles. The second kappa shape index (κ2) is 10.7. The molecule has 0 saturated heterocycles. The zero-order valence-electron chi connectivity index (χ0n) is 20.2. The Morgan fingerprint density at radius 1 is 1.22 bits per heavy atom. The number of hydrogen-bond acceptors (Lipinski definition) is 8. The topological polar surface area (TPSA) is 117 Å². The summed E-state index contributed by atoms with van der Waals surface area (Å²) in [5.41, 5.74) is 1.30. The maximum absolute atomic E-state index is 13.2. The third-order valence-corrected chi connectivity index (χ3v) is 7.05. The third-order valence-electron chi connectivity index (χ3n) is 6.76. The molecule has 0 radical (unpaired) electrons. The van der Waals surface area contributed by atoms with Gasteiger partial charge in [-0.25, -0.2) is 9.97 Å². The predicted molar refractivity (Wildman–Crippen MR) is 136 cm³/mol. The SMILES string of the molecule is COc1ccc(CNc2nc(N3CCn4ccnc4C3)ncc2C(=O)N[C@H]2CC[C@H](O)CC2)cc1Cl. The Kier molecular flexibility index (Phi) is 7.24. The molecule has 1 aromatic carbocycles. The van der Waals surface area contributed by atoms with Gasteiger partial charge < -0.3 is 29.9 Å². The van der Waals surface area contributed by atoms with Gasteiger partial charge >= 0.3 is 0 Å². The number of aliphatic hydroxyl groups excluding tert-OH is 1. The maximum Gasteiger partial charge on any atom is 0.256 e. The highest BCUT2D eigenvalue weighted by atomic mass is 35.5. The number of aromatic nitrogens is 4. The van der Waals surface area contributed by atoms with Crippen molar-refractivity contribution in [3.05, 3.63) is 58.8 Å². The highest BCUT2D eigenvalue weighted by molar-refractivity contribution is 6.32. The highest BCUT2D eigenvalue weighted by Crippen LogP contribution is 2.26. The fraction of sp³-hybridized carbons (Fsp3) is 0.440. The van der Waals surface area contributed by atoms with Crippen molar-refractivity contribution in [3.8, 4) is 5.75 Å². The second-order valence-corrected chi connectivity index (χ2v) is 9.60. The van der Waals surface area contributed by atoms with Gasteiger partial charge in [-0.3, -0.25) is 4.79 Å². The number of carbonyl (C=O) groups is 1. The van der Waals surface area contributed by atoms with Gasteiger partial charge in [0.25, 0.3) is 5.91 Å². The molecule has 1 aliphatic heterocycles. The summed E-state index contributed by atoms with van der Waals surface area (Å²) in [6.45, 7) is 2.55. The van der Waals surface area contributed by atoms with Gasteiger partial charge in [0.1, 0.15) is 23.0 Å². The highest BCUT2D eigenvalue weighted by Gasteiger charge is 2.25. The average molecular weight is 512 g/mol. The summed E-state index contributed by atoms with van der Waals surface area (Å²) < 4.78 is 7.36. The quantitative estimate of drug-likeness (QED) is 0.443. The molecule has 0 spiro atoms. The zero-order chi connectivity index (χ0) is 25.1. The number of imidazole rings is 1. The number of amides is 1. The number of hydrogen-bond donors (Lipinski definition) is 3. The molecular weight excluding hydrogens is 482 g/mol. The van der Waals surface area contributed by atoms with Crippen molar-refractivity contribution in [2.24, 2.45) is 0 Å². The molecular formula is C25H30ClN7O3. The molecule has 1 saturated carbocycles. The summed E-state index contributed by atoms with van der Waals surface area (Å²) in [7, 11) is 1.58. The lowest BCUT2D eigenvalue weighted by Crippen LogP contribution is -2.39. The van der Waals surface area contributed by atoms with Crippen LogP contribution in [0.5, 0.6) is 5.75 Å². The van der Waals surface area contributed by atoms with Gasteiger partial charge in [0.2, 0.25) is 5.95 Å². The van der Waals surface area contributed by atoms with E-state index in [1.165, 1.54) is 0 Å². The Bertz CT molecular complexity index is 1230. The number of rotatable bonds is 7.